The standard InChI is InChI=1S/C36H42N6O4/c1-23-5-6-28(35(44)40-30-10-12-34(33(21-30)39-25(3)43)46-24(2)26-7-8-26)20-31(23)27-9-11-32-29(19-27)22-38-36(41-32)37-13-4-14-42-15-17-45-18-16-42/h5-6,9-12,19-22,24,26H,4,7-8,13-18H2,1-3H3,(H,39,43)(H,40,44)(H,37,38,41)/t24-/m0/s1. The van der Waals surface area contributed by atoms with Crippen LogP contribution in [0.15, 0.2) is 60.8 Å². The zero-order chi connectivity index (χ0) is 32.0. The fraction of sp³-hybridized carbons (Fsp3) is 0.389. The quantitative estimate of drug-likeness (QED) is 0.162. The van der Waals surface area contributed by atoms with Gasteiger partial charge in [0, 0.05) is 49.4 Å². The van der Waals surface area contributed by atoms with Crippen molar-refractivity contribution in [3.05, 3.63) is 71.9 Å². The molecule has 6 rings (SSSR count). The number of aromatic nitrogens is 2. The van der Waals surface area contributed by atoms with Crippen molar-refractivity contribution in [3.8, 4) is 16.9 Å². The van der Waals surface area contributed by atoms with Gasteiger partial charge in [0.1, 0.15) is 5.75 Å². The highest BCUT2D eigenvalue weighted by Gasteiger charge is 2.30. The van der Waals surface area contributed by atoms with Crippen LogP contribution in [0.2, 0.25) is 0 Å². The summed E-state index contributed by atoms with van der Waals surface area (Å²) in [6.07, 6.45) is 5.23. The van der Waals surface area contributed by atoms with E-state index in [9.17, 15) is 9.59 Å². The van der Waals surface area contributed by atoms with Gasteiger partial charge in [0.2, 0.25) is 11.9 Å². The van der Waals surface area contributed by atoms with Crippen molar-refractivity contribution in [2.75, 3.05) is 55.3 Å². The van der Waals surface area contributed by atoms with Gasteiger partial charge in [-0.1, -0.05) is 12.1 Å². The Morgan fingerprint density at radius 3 is 2.65 bits per heavy atom. The Balaban J connectivity index is 1.12. The van der Waals surface area contributed by atoms with Crippen molar-refractivity contribution in [1.29, 1.82) is 0 Å². The van der Waals surface area contributed by atoms with Gasteiger partial charge in [0.05, 0.1) is 30.5 Å². The molecule has 3 aromatic carbocycles. The molecule has 46 heavy (non-hydrogen) atoms. The highest BCUT2D eigenvalue weighted by atomic mass is 16.5. The molecule has 2 heterocycles. The fourth-order valence-electron chi connectivity index (χ4n) is 5.75. The average Bonchev–Trinajstić information content (AvgIpc) is 3.91. The van der Waals surface area contributed by atoms with Crippen LogP contribution >= 0.6 is 0 Å². The number of benzene rings is 3. The van der Waals surface area contributed by atoms with Gasteiger partial charge >= 0.3 is 0 Å². The van der Waals surface area contributed by atoms with Gasteiger partial charge < -0.3 is 25.4 Å². The maximum Gasteiger partial charge on any atom is 0.255 e. The predicted molar refractivity (Wildman–Crippen MR) is 182 cm³/mol. The second-order valence-corrected chi connectivity index (χ2v) is 12.2. The van der Waals surface area contributed by atoms with Crippen molar-refractivity contribution < 1.29 is 19.1 Å². The molecule has 0 radical (unpaired) electrons. The van der Waals surface area contributed by atoms with E-state index in [0.29, 0.717) is 34.6 Å². The third-order valence-corrected chi connectivity index (χ3v) is 8.58. The molecule has 0 bridgehead atoms. The molecule has 10 nitrogen and oxygen atoms in total. The minimum atomic E-state index is -0.247. The highest BCUT2D eigenvalue weighted by molar-refractivity contribution is 6.06. The molecule has 0 spiro atoms. The summed E-state index contributed by atoms with van der Waals surface area (Å²) in [4.78, 5) is 37.0. The van der Waals surface area contributed by atoms with Crippen LogP contribution in [0, 0.1) is 12.8 Å². The maximum absolute atomic E-state index is 13.4. The molecule has 2 amide bonds. The van der Waals surface area contributed by atoms with E-state index in [2.05, 4.69) is 31.9 Å². The van der Waals surface area contributed by atoms with Gasteiger partial charge in [-0.3, -0.25) is 14.5 Å². The largest absolute Gasteiger partial charge is 0.488 e. The normalized spacial score (nSPS) is 15.7. The van der Waals surface area contributed by atoms with Crippen LogP contribution in [0.4, 0.5) is 17.3 Å². The smallest absolute Gasteiger partial charge is 0.255 e. The van der Waals surface area contributed by atoms with Gasteiger partial charge in [-0.25, -0.2) is 9.97 Å². The molecule has 1 aliphatic heterocycles. The summed E-state index contributed by atoms with van der Waals surface area (Å²) in [6, 6.07) is 17.1. The molecule has 1 saturated heterocycles. The number of morpholine rings is 1. The van der Waals surface area contributed by atoms with E-state index in [1.54, 1.807) is 18.2 Å². The van der Waals surface area contributed by atoms with Crippen LogP contribution < -0.4 is 20.7 Å². The van der Waals surface area contributed by atoms with E-state index < -0.39 is 0 Å². The summed E-state index contributed by atoms with van der Waals surface area (Å²) in [5.74, 6) is 1.31. The van der Waals surface area contributed by atoms with Gasteiger partial charge in [-0.2, -0.15) is 0 Å². The van der Waals surface area contributed by atoms with Crippen molar-refractivity contribution in [1.82, 2.24) is 14.9 Å². The summed E-state index contributed by atoms with van der Waals surface area (Å²) in [7, 11) is 0. The van der Waals surface area contributed by atoms with E-state index in [-0.39, 0.29) is 17.9 Å². The summed E-state index contributed by atoms with van der Waals surface area (Å²) in [6.45, 7) is 11.0. The van der Waals surface area contributed by atoms with Gasteiger partial charge in [0.15, 0.2) is 0 Å². The van der Waals surface area contributed by atoms with Crippen molar-refractivity contribution in [2.24, 2.45) is 5.92 Å². The number of ether oxygens (including phenoxy) is 2. The monoisotopic (exact) mass is 622 g/mol. The molecule has 3 N–H and O–H groups in total. The second-order valence-electron chi connectivity index (χ2n) is 12.2. The van der Waals surface area contributed by atoms with E-state index in [1.807, 2.05) is 50.4 Å². The zero-order valence-electron chi connectivity index (χ0n) is 26.8. The Labute approximate surface area is 269 Å². The number of carbonyl (C=O) groups excluding carboxylic acids is 2. The fourth-order valence-corrected chi connectivity index (χ4v) is 5.75. The van der Waals surface area contributed by atoms with Crippen LogP contribution in [0.25, 0.3) is 22.0 Å². The lowest BCUT2D eigenvalue weighted by molar-refractivity contribution is -0.114. The SMILES string of the molecule is CC(=O)Nc1cc(NC(=O)c2ccc(C)c(-c3ccc4nc(NCCCN5CCOCC5)ncc4c3)c2)ccc1O[C@@H](C)C1CC1. The minimum absolute atomic E-state index is 0.0649. The lowest BCUT2D eigenvalue weighted by Gasteiger charge is -2.26. The zero-order valence-corrected chi connectivity index (χ0v) is 26.8. The van der Waals surface area contributed by atoms with Crippen LogP contribution in [-0.4, -0.2) is 72.2 Å². The average molecular weight is 623 g/mol. The number of aryl methyl sites for hydroxylation is 1. The van der Waals surface area contributed by atoms with Crippen molar-refractivity contribution >= 4 is 40.0 Å². The predicted octanol–water partition coefficient (Wildman–Crippen LogP) is 6.13. The van der Waals surface area contributed by atoms with E-state index >= 15 is 0 Å². The Morgan fingerprint density at radius 1 is 1.04 bits per heavy atom. The lowest BCUT2D eigenvalue weighted by atomic mass is 9.97. The summed E-state index contributed by atoms with van der Waals surface area (Å²) < 4.78 is 11.5. The number of nitrogens with one attached hydrogen (secondary N) is 3. The molecule has 0 unspecified atom stereocenters. The number of hydrogen-bond acceptors (Lipinski definition) is 8. The first-order valence-electron chi connectivity index (χ1n) is 16.1. The third-order valence-electron chi connectivity index (χ3n) is 8.58. The number of fused-ring (bicyclic) bond motifs is 1. The van der Waals surface area contributed by atoms with Crippen LogP contribution in [0.3, 0.4) is 0 Å². The number of hydrogen-bond donors (Lipinski definition) is 3. The minimum Gasteiger partial charge on any atom is -0.488 e. The van der Waals surface area contributed by atoms with Gasteiger partial charge in [0.25, 0.3) is 5.91 Å². The molecule has 1 atom stereocenters. The molecular weight excluding hydrogens is 580 g/mol. The molecule has 1 aliphatic carbocycles. The lowest BCUT2D eigenvalue weighted by Crippen LogP contribution is -2.37. The molecule has 2 fully saturated rings. The summed E-state index contributed by atoms with van der Waals surface area (Å²) >= 11 is 0. The van der Waals surface area contributed by atoms with Crippen molar-refractivity contribution in [3.63, 3.8) is 0 Å². The van der Waals surface area contributed by atoms with Gasteiger partial charge in [-0.05, 0) is 105 Å². The topological polar surface area (TPSA) is 118 Å². The second kappa shape index (κ2) is 14.3. The van der Waals surface area contributed by atoms with E-state index in [0.717, 1.165) is 86.2 Å². The van der Waals surface area contributed by atoms with Gasteiger partial charge in [-0.15, -0.1) is 0 Å². The van der Waals surface area contributed by atoms with Crippen molar-refractivity contribution in [2.45, 2.75) is 46.1 Å². The van der Waals surface area contributed by atoms with Crippen LogP contribution in [0.5, 0.6) is 5.75 Å². The maximum atomic E-state index is 13.4. The Morgan fingerprint density at radius 2 is 1.87 bits per heavy atom. The van der Waals surface area contributed by atoms with Crippen LogP contribution in [0.1, 0.15) is 49.0 Å². The molecule has 4 aromatic rings. The Bertz CT molecular complexity index is 1720. The first-order chi connectivity index (χ1) is 22.3. The molecule has 240 valence electrons. The Kier molecular flexibility index (Phi) is 9.75. The number of anilines is 3. The third kappa shape index (κ3) is 7.99. The number of nitrogens with zero attached hydrogens (tertiary/aromatic N) is 3. The summed E-state index contributed by atoms with van der Waals surface area (Å²) in [5, 5.41) is 10.1. The first kappa shape index (κ1) is 31.4. The molecule has 2 aliphatic rings. The molecule has 1 saturated carbocycles. The van der Waals surface area contributed by atoms with E-state index in [1.165, 1.54) is 6.92 Å². The molecule has 1 aromatic heterocycles. The first-order valence-corrected chi connectivity index (χ1v) is 16.1. The Hall–Kier alpha value is -4.54. The number of amides is 2. The highest BCUT2D eigenvalue weighted by Crippen LogP contribution is 2.37. The van der Waals surface area contributed by atoms with Crippen LogP contribution in [-0.2, 0) is 9.53 Å². The molecular formula is C36H42N6O4. The number of carbonyl (C=O) groups is 2. The molecule has 10 heteroatoms. The summed E-state index contributed by atoms with van der Waals surface area (Å²) in [5.41, 5.74) is 5.47. The van der Waals surface area contributed by atoms with E-state index in [4.69, 9.17) is 14.5 Å². The number of rotatable bonds is 12.